The van der Waals surface area contributed by atoms with Gasteiger partial charge in [-0.3, -0.25) is 9.78 Å². The second kappa shape index (κ2) is 6.68. The standard InChI is InChI=1S/C16H15F3N2O2/c1-10-14(15(20)22)12(6-7-21-10)8-11-4-2-3-5-13(11)23-16(18,19)9-17/h2-7H,8-9H2,1H3,(H2,20,22). The number of aryl methyl sites for hydroxylation is 1. The highest BCUT2D eigenvalue weighted by atomic mass is 19.3. The maximum absolute atomic E-state index is 13.1. The molecular formula is C16H15F3N2O2. The van der Waals surface area contributed by atoms with Crippen LogP contribution in [0.1, 0.15) is 27.2 Å². The predicted octanol–water partition coefficient (Wildman–Crippen LogP) is 3.02. The number of benzene rings is 1. The number of primary amides is 1. The molecule has 0 unspecified atom stereocenters. The topological polar surface area (TPSA) is 65.2 Å². The fraction of sp³-hybridized carbons (Fsp3) is 0.250. The molecule has 0 saturated heterocycles. The van der Waals surface area contributed by atoms with E-state index >= 15 is 0 Å². The van der Waals surface area contributed by atoms with Crippen molar-refractivity contribution in [1.82, 2.24) is 4.98 Å². The number of ether oxygens (including phenoxy) is 1. The van der Waals surface area contributed by atoms with Crippen LogP contribution in [-0.2, 0) is 6.42 Å². The first-order chi connectivity index (χ1) is 10.8. The summed E-state index contributed by atoms with van der Waals surface area (Å²) in [4.78, 5) is 15.6. The zero-order valence-corrected chi connectivity index (χ0v) is 12.4. The van der Waals surface area contributed by atoms with Gasteiger partial charge in [-0.05, 0) is 30.2 Å². The zero-order valence-electron chi connectivity index (χ0n) is 12.4. The van der Waals surface area contributed by atoms with Gasteiger partial charge >= 0.3 is 6.11 Å². The molecule has 4 nitrogen and oxygen atoms in total. The summed E-state index contributed by atoms with van der Waals surface area (Å²) in [6.45, 7) is -0.300. The zero-order chi connectivity index (χ0) is 17.0. The number of carbonyl (C=O) groups excluding carboxylic acids is 1. The number of amides is 1. The van der Waals surface area contributed by atoms with Crippen LogP contribution < -0.4 is 10.5 Å². The lowest BCUT2D eigenvalue weighted by atomic mass is 9.98. The molecule has 2 aromatic rings. The van der Waals surface area contributed by atoms with Crippen LogP contribution in [-0.4, -0.2) is 23.7 Å². The van der Waals surface area contributed by atoms with E-state index in [9.17, 15) is 18.0 Å². The Kier molecular flexibility index (Phi) is 4.88. The van der Waals surface area contributed by atoms with Crippen molar-refractivity contribution in [2.75, 3.05) is 6.67 Å². The Hall–Kier alpha value is -2.57. The molecule has 0 aliphatic heterocycles. The number of hydrogen-bond donors (Lipinski definition) is 1. The van der Waals surface area contributed by atoms with E-state index in [1.807, 2.05) is 0 Å². The summed E-state index contributed by atoms with van der Waals surface area (Å²) >= 11 is 0. The van der Waals surface area contributed by atoms with E-state index in [4.69, 9.17) is 5.73 Å². The third kappa shape index (κ3) is 4.00. The quantitative estimate of drug-likeness (QED) is 0.888. The van der Waals surface area contributed by atoms with Gasteiger partial charge in [0.25, 0.3) is 5.91 Å². The van der Waals surface area contributed by atoms with Gasteiger partial charge in [-0.2, -0.15) is 8.78 Å². The Labute approximate surface area is 131 Å². The highest BCUT2D eigenvalue weighted by molar-refractivity contribution is 5.95. The minimum Gasteiger partial charge on any atom is -0.430 e. The van der Waals surface area contributed by atoms with Crippen LogP contribution in [0, 0.1) is 6.92 Å². The summed E-state index contributed by atoms with van der Waals surface area (Å²) in [6.07, 6.45) is -2.28. The summed E-state index contributed by atoms with van der Waals surface area (Å²) in [7, 11) is 0. The molecule has 7 heteroatoms. The Bertz CT molecular complexity index is 720. The van der Waals surface area contributed by atoms with Crippen LogP contribution in [0.5, 0.6) is 5.75 Å². The average molecular weight is 324 g/mol. The van der Waals surface area contributed by atoms with E-state index in [1.165, 1.54) is 18.3 Å². The second-order valence-electron chi connectivity index (χ2n) is 4.95. The molecule has 1 aromatic carbocycles. The van der Waals surface area contributed by atoms with Crippen molar-refractivity contribution in [3.63, 3.8) is 0 Å². The molecule has 2 rings (SSSR count). The summed E-state index contributed by atoms with van der Waals surface area (Å²) in [6, 6.07) is 7.59. The molecule has 0 aliphatic rings. The summed E-state index contributed by atoms with van der Waals surface area (Å²) in [5.74, 6) is -0.807. The maximum Gasteiger partial charge on any atom is 0.427 e. The molecule has 0 saturated carbocycles. The lowest BCUT2D eigenvalue weighted by Gasteiger charge is -2.18. The molecule has 1 heterocycles. The first-order valence-corrected chi connectivity index (χ1v) is 6.79. The molecule has 0 bridgehead atoms. The molecule has 2 N–H and O–H groups in total. The molecule has 1 aromatic heterocycles. The Morgan fingerprint density at radius 3 is 2.61 bits per heavy atom. The smallest absolute Gasteiger partial charge is 0.427 e. The normalized spacial score (nSPS) is 11.3. The minimum absolute atomic E-state index is 0.125. The number of alkyl halides is 3. The van der Waals surface area contributed by atoms with E-state index < -0.39 is 18.7 Å². The van der Waals surface area contributed by atoms with Gasteiger partial charge in [0, 0.05) is 12.6 Å². The molecule has 0 atom stereocenters. The number of hydrogen-bond acceptors (Lipinski definition) is 3. The van der Waals surface area contributed by atoms with Gasteiger partial charge in [-0.25, -0.2) is 4.39 Å². The molecule has 0 fully saturated rings. The molecule has 0 spiro atoms. The maximum atomic E-state index is 13.1. The van der Waals surface area contributed by atoms with Gasteiger partial charge in [-0.1, -0.05) is 18.2 Å². The number of pyridine rings is 1. The number of rotatable bonds is 6. The predicted molar refractivity (Wildman–Crippen MR) is 78.3 cm³/mol. The third-order valence-corrected chi connectivity index (χ3v) is 3.24. The van der Waals surface area contributed by atoms with Crippen molar-refractivity contribution in [2.45, 2.75) is 19.5 Å². The van der Waals surface area contributed by atoms with E-state index in [0.29, 0.717) is 16.8 Å². The SMILES string of the molecule is Cc1nccc(Cc2ccccc2OC(F)(F)CF)c1C(N)=O. The number of para-hydroxylation sites is 1. The number of nitrogens with zero attached hydrogens (tertiary/aromatic N) is 1. The minimum atomic E-state index is -3.91. The highest BCUT2D eigenvalue weighted by Gasteiger charge is 2.32. The van der Waals surface area contributed by atoms with Crippen LogP contribution in [0.25, 0.3) is 0 Å². The Balaban J connectivity index is 2.39. The molecule has 23 heavy (non-hydrogen) atoms. The van der Waals surface area contributed by atoms with Crippen molar-refractivity contribution >= 4 is 5.91 Å². The number of aromatic nitrogens is 1. The van der Waals surface area contributed by atoms with Gasteiger partial charge in [0.1, 0.15) is 5.75 Å². The van der Waals surface area contributed by atoms with Gasteiger partial charge in [0.2, 0.25) is 0 Å². The Morgan fingerprint density at radius 1 is 1.26 bits per heavy atom. The summed E-state index contributed by atoms with van der Waals surface area (Å²) in [5, 5.41) is 0. The van der Waals surface area contributed by atoms with Gasteiger partial charge in [-0.15, -0.1) is 0 Å². The van der Waals surface area contributed by atoms with Crippen molar-refractivity contribution in [1.29, 1.82) is 0 Å². The first kappa shape index (κ1) is 16.8. The van der Waals surface area contributed by atoms with Gasteiger partial charge in [0.15, 0.2) is 6.67 Å². The van der Waals surface area contributed by atoms with Crippen LogP contribution >= 0.6 is 0 Å². The van der Waals surface area contributed by atoms with Gasteiger partial charge in [0.05, 0.1) is 11.3 Å². The fourth-order valence-electron chi connectivity index (χ4n) is 2.25. The third-order valence-electron chi connectivity index (χ3n) is 3.24. The van der Waals surface area contributed by atoms with Crippen LogP contribution in [0.3, 0.4) is 0 Å². The average Bonchev–Trinajstić information content (AvgIpc) is 2.48. The summed E-state index contributed by atoms with van der Waals surface area (Å²) in [5.41, 5.74) is 6.95. The second-order valence-corrected chi connectivity index (χ2v) is 4.95. The largest absolute Gasteiger partial charge is 0.430 e. The number of halogens is 3. The lowest BCUT2D eigenvalue weighted by Crippen LogP contribution is -2.27. The van der Waals surface area contributed by atoms with Crippen molar-refractivity contribution in [2.24, 2.45) is 5.73 Å². The number of carbonyl (C=O) groups is 1. The summed E-state index contributed by atoms with van der Waals surface area (Å²) < 4.78 is 43.0. The van der Waals surface area contributed by atoms with Crippen molar-refractivity contribution < 1.29 is 22.7 Å². The first-order valence-electron chi connectivity index (χ1n) is 6.79. The van der Waals surface area contributed by atoms with Crippen LogP contribution in [0.15, 0.2) is 36.5 Å². The molecule has 122 valence electrons. The molecule has 1 amide bonds. The molecular weight excluding hydrogens is 309 g/mol. The van der Waals surface area contributed by atoms with Gasteiger partial charge < -0.3 is 10.5 Å². The van der Waals surface area contributed by atoms with Crippen molar-refractivity contribution in [3.05, 3.63) is 58.9 Å². The fourth-order valence-corrected chi connectivity index (χ4v) is 2.25. The van der Waals surface area contributed by atoms with E-state index in [-0.39, 0.29) is 17.7 Å². The lowest BCUT2D eigenvalue weighted by molar-refractivity contribution is -0.186. The molecule has 0 radical (unpaired) electrons. The van der Waals surface area contributed by atoms with E-state index in [0.717, 1.165) is 0 Å². The van der Waals surface area contributed by atoms with Crippen molar-refractivity contribution in [3.8, 4) is 5.75 Å². The molecule has 0 aliphatic carbocycles. The number of nitrogens with two attached hydrogens (primary N) is 1. The van der Waals surface area contributed by atoms with E-state index in [2.05, 4.69) is 9.72 Å². The van der Waals surface area contributed by atoms with Crippen LogP contribution in [0.2, 0.25) is 0 Å². The van der Waals surface area contributed by atoms with Crippen LogP contribution in [0.4, 0.5) is 13.2 Å². The monoisotopic (exact) mass is 324 g/mol. The van der Waals surface area contributed by atoms with E-state index in [1.54, 1.807) is 25.1 Å². The Morgan fingerprint density at radius 2 is 1.96 bits per heavy atom. The highest BCUT2D eigenvalue weighted by Crippen LogP contribution is 2.28.